The van der Waals surface area contributed by atoms with Crippen molar-refractivity contribution in [3.8, 4) is 11.5 Å². The maximum absolute atomic E-state index is 12.0. The van der Waals surface area contributed by atoms with Crippen LogP contribution in [0.2, 0.25) is 0 Å². The number of hydrogen-bond donors (Lipinski definition) is 2. The molecule has 0 saturated heterocycles. The summed E-state index contributed by atoms with van der Waals surface area (Å²) in [4.78, 5) is 22.9. The van der Waals surface area contributed by atoms with Gasteiger partial charge in [-0.1, -0.05) is 0 Å². The Morgan fingerprint density at radius 3 is 2.71 bits per heavy atom. The molecule has 0 spiro atoms. The van der Waals surface area contributed by atoms with Crippen molar-refractivity contribution in [2.45, 2.75) is 6.92 Å². The second-order valence-corrected chi connectivity index (χ2v) is 4.06. The van der Waals surface area contributed by atoms with Crippen LogP contribution in [0, 0.1) is 0 Å². The van der Waals surface area contributed by atoms with Crippen LogP contribution >= 0.6 is 0 Å². The molecule has 0 fully saturated rings. The predicted octanol–water partition coefficient (Wildman–Crippen LogP) is 1.43. The molecule has 0 saturated carbocycles. The second kappa shape index (κ2) is 6.56. The number of benzene rings is 1. The van der Waals surface area contributed by atoms with Crippen molar-refractivity contribution in [1.29, 1.82) is 0 Å². The summed E-state index contributed by atoms with van der Waals surface area (Å²) in [5, 5.41) is 8.53. The number of carbonyl (C=O) groups excluding carboxylic acids is 1. The first-order valence-corrected chi connectivity index (χ1v) is 6.32. The van der Waals surface area contributed by atoms with Crippen LogP contribution in [0.5, 0.6) is 11.5 Å². The van der Waals surface area contributed by atoms with Gasteiger partial charge in [0.2, 0.25) is 0 Å². The SMILES string of the molecule is CCOc1ccc(NC(=O)c2ccc(=O)[nH]n2)cc1OC. The Hall–Kier alpha value is -2.83. The van der Waals surface area contributed by atoms with Gasteiger partial charge in [-0.3, -0.25) is 9.59 Å². The highest BCUT2D eigenvalue weighted by atomic mass is 16.5. The Balaban J connectivity index is 2.17. The van der Waals surface area contributed by atoms with E-state index in [1.54, 1.807) is 18.2 Å². The van der Waals surface area contributed by atoms with Crippen LogP contribution in [0.3, 0.4) is 0 Å². The molecule has 0 aliphatic carbocycles. The normalized spacial score (nSPS) is 10.0. The van der Waals surface area contributed by atoms with E-state index >= 15 is 0 Å². The first kappa shape index (κ1) is 14.6. The molecule has 1 aromatic heterocycles. The molecule has 7 heteroatoms. The summed E-state index contributed by atoms with van der Waals surface area (Å²) in [5.41, 5.74) is 0.282. The number of rotatable bonds is 5. The monoisotopic (exact) mass is 289 g/mol. The third-order valence-electron chi connectivity index (χ3n) is 2.63. The number of nitrogens with zero attached hydrogens (tertiary/aromatic N) is 1. The minimum Gasteiger partial charge on any atom is -0.493 e. The second-order valence-electron chi connectivity index (χ2n) is 4.06. The summed E-state index contributed by atoms with van der Waals surface area (Å²) in [5.74, 6) is 0.682. The number of amides is 1. The molecule has 0 unspecified atom stereocenters. The van der Waals surface area contributed by atoms with Crippen molar-refractivity contribution in [2.75, 3.05) is 19.0 Å². The van der Waals surface area contributed by atoms with Crippen LogP contribution in [-0.2, 0) is 0 Å². The molecule has 110 valence electrons. The first-order valence-electron chi connectivity index (χ1n) is 6.32. The van der Waals surface area contributed by atoms with Gasteiger partial charge in [0.05, 0.1) is 13.7 Å². The number of anilines is 1. The molecule has 2 rings (SSSR count). The van der Waals surface area contributed by atoms with Gasteiger partial charge in [-0.05, 0) is 25.1 Å². The van der Waals surface area contributed by atoms with E-state index < -0.39 is 5.91 Å². The third kappa shape index (κ3) is 3.59. The average molecular weight is 289 g/mol. The molecular formula is C14H15N3O4. The van der Waals surface area contributed by atoms with Crippen molar-refractivity contribution >= 4 is 11.6 Å². The predicted molar refractivity (Wildman–Crippen MR) is 77.0 cm³/mol. The molecule has 1 aromatic carbocycles. The number of aromatic amines is 1. The zero-order chi connectivity index (χ0) is 15.2. The molecule has 0 aliphatic rings. The van der Waals surface area contributed by atoms with Crippen LogP contribution in [0.1, 0.15) is 17.4 Å². The van der Waals surface area contributed by atoms with E-state index in [0.717, 1.165) is 0 Å². The van der Waals surface area contributed by atoms with Crippen molar-refractivity contribution in [1.82, 2.24) is 10.2 Å². The number of methoxy groups -OCH3 is 1. The number of H-pyrrole nitrogens is 1. The lowest BCUT2D eigenvalue weighted by Gasteiger charge is -2.11. The molecule has 2 N–H and O–H groups in total. The molecular weight excluding hydrogens is 274 g/mol. The molecule has 1 heterocycles. The van der Waals surface area contributed by atoms with Gasteiger partial charge in [0.1, 0.15) is 5.69 Å². The molecule has 1 amide bonds. The first-order chi connectivity index (χ1) is 10.1. The van der Waals surface area contributed by atoms with Gasteiger partial charge in [0, 0.05) is 17.8 Å². The van der Waals surface area contributed by atoms with Crippen molar-refractivity contribution < 1.29 is 14.3 Å². The van der Waals surface area contributed by atoms with Crippen LogP contribution in [-0.4, -0.2) is 29.8 Å². The Morgan fingerprint density at radius 1 is 1.29 bits per heavy atom. The fourth-order valence-corrected chi connectivity index (χ4v) is 1.69. The van der Waals surface area contributed by atoms with E-state index in [1.165, 1.54) is 19.2 Å². The topological polar surface area (TPSA) is 93.3 Å². The van der Waals surface area contributed by atoms with Gasteiger partial charge in [0.25, 0.3) is 11.5 Å². The molecule has 21 heavy (non-hydrogen) atoms. The number of hydrogen-bond acceptors (Lipinski definition) is 5. The summed E-state index contributed by atoms with van der Waals surface area (Å²) in [6.07, 6.45) is 0. The van der Waals surface area contributed by atoms with Crippen LogP contribution < -0.4 is 20.3 Å². The van der Waals surface area contributed by atoms with Gasteiger partial charge >= 0.3 is 0 Å². The minimum atomic E-state index is -0.433. The summed E-state index contributed by atoms with van der Waals surface area (Å²) in [6.45, 7) is 2.39. The van der Waals surface area contributed by atoms with Crippen molar-refractivity contribution in [3.63, 3.8) is 0 Å². The quantitative estimate of drug-likeness (QED) is 0.868. The smallest absolute Gasteiger partial charge is 0.276 e. The maximum Gasteiger partial charge on any atom is 0.276 e. The van der Waals surface area contributed by atoms with E-state index in [4.69, 9.17) is 9.47 Å². The van der Waals surface area contributed by atoms with Gasteiger partial charge in [-0.25, -0.2) is 5.10 Å². The van der Waals surface area contributed by atoms with Crippen molar-refractivity contribution in [2.24, 2.45) is 0 Å². The Bertz CT molecular complexity index is 676. The standard InChI is InChI=1S/C14H15N3O4/c1-3-21-11-6-4-9(8-12(11)20-2)15-14(19)10-5-7-13(18)17-16-10/h4-8H,3H2,1-2H3,(H,15,19)(H,17,18). The zero-order valence-corrected chi connectivity index (χ0v) is 11.7. The molecule has 0 radical (unpaired) electrons. The van der Waals surface area contributed by atoms with Crippen LogP contribution in [0.15, 0.2) is 35.1 Å². The van der Waals surface area contributed by atoms with Gasteiger partial charge < -0.3 is 14.8 Å². The zero-order valence-electron chi connectivity index (χ0n) is 11.7. The highest BCUT2D eigenvalue weighted by Gasteiger charge is 2.10. The third-order valence-corrected chi connectivity index (χ3v) is 2.63. The maximum atomic E-state index is 12.0. The average Bonchev–Trinajstić information content (AvgIpc) is 2.49. The highest BCUT2D eigenvalue weighted by Crippen LogP contribution is 2.30. The Morgan fingerprint density at radius 2 is 2.10 bits per heavy atom. The summed E-state index contributed by atoms with van der Waals surface area (Å²) in [7, 11) is 1.52. The summed E-state index contributed by atoms with van der Waals surface area (Å²) < 4.78 is 10.6. The number of nitrogens with one attached hydrogen (secondary N) is 2. The van der Waals surface area contributed by atoms with Gasteiger partial charge in [-0.15, -0.1) is 0 Å². The van der Waals surface area contributed by atoms with Crippen LogP contribution in [0.25, 0.3) is 0 Å². The molecule has 2 aromatic rings. The van der Waals surface area contributed by atoms with E-state index in [0.29, 0.717) is 23.8 Å². The number of aromatic nitrogens is 2. The lowest BCUT2D eigenvalue weighted by atomic mass is 10.2. The van der Waals surface area contributed by atoms with E-state index in [2.05, 4.69) is 15.5 Å². The van der Waals surface area contributed by atoms with Gasteiger partial charge in [0.15, 0.2) is 11.5 Å². The fraction of sp³-hybridized carbons (Fsp3) is 0.214. The van der Waals surface area contributed by atoms with Crippen LogP contribution in [0.4, 0.5) is 5.69 Å². The number of carbonyl (C=O) groups is 1. The molecule has 0 aliphatic heterocycles. The Kier molecular flexibility index (Phi) is 4.55. The Labute approximate surface area is 120 Å². The van der Waals surface area contributed by atoms with E-state index in [1.807, 2.05) is 6.92 Å². The minimum absolute atomic E-state index is 0.113. The lowest BCUT2D eigenvalue weighted by molar-refractivity contribution is 0.102. The highest BCUT2D eigenvalue weighted by molar-refractivity contribution is 6.02. The van der Waals surface area contributed by atoms with Crippen molar-refractivity contribution in [3.05, 3.63) is 46.4 Å². The summed E-state index contributed by atoms with van der Waals surface area (Å²) >= 11 is 0. The molecule has 0 bridgehead atoms. The number of ether oxygens (including phenoxy) is 2. The largest absolute Gasteiger partial charge is 0.493 e. The summed E-state index contributed by atoms with van der Waals surface area (Å²) in [6, 6.07) is 7.63. The fourth-order valence-electron chi connectivity index (χ4n) is 1.69. The van der Waals surface area contributed by atoms with Gasteiger partial charge in [-0.2, -0.15) is 5.10 Å². The lowest BCUT2D eigenvalue weighted by Crippen LogP contribution is -2.17. The van der Waals surface area contributed by atoms with E-state index in [-0.39, 0.29) is 11.3 Å². The molecule has 0 atom stereocenters. The molecule has 7 nitrogen and oxygen atoms in total. The van der Waals surface area contributed by atoms with E-state index in [9.17, 15) is 9.59 Å².